The number of aromatic nitrogens is 2. The highest BCUT2D eigenvalue weighted by molar-refractivity contribution is 5.76. The Kier molecular flexibility index (Phi) is 11.5. The first-order chi connectivity index (χ1) is 18.8. The zero-order valence-electron chi connectivity index (χ0n) is 23.8. The van der Waals surface area contributed by atoms with Crippen molar-refractivity contribution in [1.82, 2.24) is 20.4 Å². The van der Waals surface area contributed by atoms with Crippen molar-refractivity contribution < 1.29 is 24.3 Å². The van der Waals surface area contributed by atoms with Crippen molar-refractivity contribution in [2.24, 2.45) is 0 Å². The van der Waals surface area contributed by atoms with Crippen molar-refractivity contribution in [3.63, 3.8) is 0 Å². The summed E-state index contributed by atoms with van der Waals surface area (Å²) < 4.78 is 11.6. The summed E-state index contributed by atoms with van der Waals surface area (Å²) in [5.41, 5.74) is 5.94. The summed E-state index contributed by atoms with van der Waals surface area (Å²) >= 11 is 0. The van der Waals surface area contributed by atoms with Crippen molar-refractivity contribution in [2.75, 3.05) is 32.8 Å². The fraction of sp³-hybridized carbons (Fsp3) is 0.500. The average molecular weight is 539 g/mol. The van der Waals surface area contributed by atoms with Crippen LogP contribution in [0.5, 0.6) is 5.75 Å². The highest BCUT2D eigenvalue weighted by Crippen LogP contribution is 2.31. The molecule has 3 rings (SSSR count). The third-order valence-corrected chi connectivity index (χ3v) is 6.58. The van der Waals surface area contributed by atoms with Crippen molar-refractivity contribution in [3.8, 4) is 28.6 Å². The Morgan fingerprint density at radius 1 is 1.13 bits per heavy atom. The maximum absolute atomic E-state index is 11.2. The second-order valence-electron chi connectivity index (χ2n) is 9.91. The molecule has 9 heteroatoms. The van der Waals surface area contributed by atoms with Gasteiger partial charge in [-0.05, 0) is 80.7 Å². The Hall–Kier alpha value is -3.27. The van der Waals surface area contributed by atoms with E-state index in [0.717, 1.165) is 47.5 Å². The summed E-state index contributed by atoms with van der Waals surface area (Å²) in [6.07, 6.45) is 2.17. The van der Waals surface area contributed by atoms with Gasteiger partial charge in [-0.2, -0.15) is 4.98 Å². The molecule has 0 unspecified atom stereocenters. The predicted molar refractivity (Wildman–Crippen MR) is 151 cm³/mol. The Morgan fingerprint density at radius 3 is 2.62 bits per heavy atom. The summed E-state index contributed by atoms with van der Waals surface area (Å²) in [7, 11) is 0. The molecule has 0 aliphatic heterocycles. The van der Waals surface area contributed by atoms with Crippen LogP contribution in [0.4, 0.5) is 0 Å². The monoisotopic (exact) mass is 538 g/mol. The number of hydrogen-bond donors (Lipinski definition) is 3. The van der Waals surface area contributed by atoms with E-state index in [2.05, 4.69) is 54.3 Å². The standard InChI is InChI=1S/C30H42N4O5/c1-6-9-10-34(8-3)17-22-11-20(4)12-25(14-22)30-32-29(33-39-30)24-13-21(5)28(23(7-2)15-24)38-19-26(36)16-31-27(37)18-35/h11-15,26,35-36H,6-10,16-19H2,1-5H3,(H,31,37)/t26-/m0/s1. The summed E-state index contributed by atoms with van der Waals surface area (Å²) in [5, 5.41) is 25.6. The van der Waals surface area contributed by atoms with Crippen LogP contribution in [0, 0.1) is 13.8 Å². The zero-order chi connectivity index (χ0) is 28.4. The van der Waals surface area contributed by atoms with Crippen LogP contribution >= 0.6 is 0 Å². The van der Waals surface area contributed by atoms with Gasteiger partial charge in [0.15, 0.2) is 0 Å². The topological polar surface area (TPSA) is 121 Å². The number of nitrogens with zero attached hydrogens (tertiary/aromatic N) is 3. The second-order valence-corrected chi connectivity index (χ2v) is 9.91. The Morgan fingerprint density at radius 2 is 1.92 bits per heavy atom. The molecular weight excluding hydrogens is 496 g/mol. The Labute approximate surface area is 231 Å². The SMILES string of the molecule is CCCCN(CC)Cc1cc(C)cc(-c2nc(-c3cc(C)c(OC[C@@H](O)CNC(=O)CO)c(CC)c3)no2)c1. The van der Waals surface area contributed by atoms with E-state index in [-0.39, 0.29) is 13.2 Å². The highest BCUT2D eigenvalue weighted by Gasteiger charge is 2.17. The lowest BCUT2D eigenvalue weighted by Gasteiger charge is -2.20. The molecule has 3 aromatic rings. The Bertz CT molecular complexity index is 1230. The van der Waals surface area contributed by atoms with Crippen LogP contribution in [0.15, 0.2) is 34.9 Å². The molecule has 2 aromatic carbocycles. The van der Waals surface area contributed by atoms with Crippen LogP contribution in [0.1, 0.15) is 55.9 Å². The first-order valence-electron chi connectivity index (χ1n) is 13.8. The minimum Gasteiger partial charge on any atom is -0.490 e. The highest BCUT2D eigenvalue weighted by atomic mass is 16.5. The van der Waals surface area contributed by atoms with Crippen LogP contribution in [0.2, 0.25) is 0 Å². The fourth-order valence-electron chi connectivity index (χ4n) is 4.50. The second kappa shape index (κ2) is 14.8. The molecule has 0 spiro atoms. The molecule has 1 atom stereocenters. The number of benzene rings is 2. The van der Waals surface area contributed by atoms with Gasteiger partial charge in [-0.1, -0.05) is 44.0 Å². The molecule has 1 aromatic heterocycles. The molecule has 1 amide bonds. The normalized spacial score (nSPS) is 12.1. The lowest BCUT2D eigenvalue weighted by molar-refractivity contribution is -0.124. The van der Waals surface area contributed by atoms with Crippen LogP contribution in [-0.4, -0.2) is 70.1 Å². The number of carbonyl (C=O) groups is 1. The van der Waals surface area contributed by atoms with Gasteiger partial charge in [0.2, 0.25) is 11.7 Å². The number of aliphatic hydroxyl groups is 2. The number of aryl methyl sites for hydroxylation is 3. The minimum absolute atomic E-state index is 0.000487. The molecule has 0 fully saturated rings. The van der Waals surface area contributed by atoms with Crippen molar-refractivity contribution >= 4 is 5.91 Å². The van der Waals surface area contributed by atoms with Gasteiger partial charge in [-0.3, -0.25) is 9.69 Å². The fourth-order valence-corrected chi connectivity index (χ4v) is 4.50. The van der Waals surface area contributed by atoms with Gasteiger partial charge in [0.1, 0.15) is 25.1 Å². The molecule has 0 saturated heterocycles. The minimum atomic E-state index is -0.903. The molecule has 1 heterocycles. The number of carbonyl (C=O) groups excluding carboxylic acids is 1. The van der Waals surface area contributed by atoms with Crippen molar-refractivity contribution in [1.29, 1.82) is 0 Å². The van der Waals surface area contributed by atoms with Crippen LogP contribution < -0.4 is 10.1 Å². The first-order valence-corrected chi connectivity index (χ1v) is 13.8. The van der Waals surface area contributed by atoms with E-state index in [1.165, 1.54) is 18.4 Å². The number of aliphatic hydroxyl groups excluding tert-OH is 2. The number of hydrogen-bond acceptors (Lipinski definition) is 8. The average Bonchev–Trinajstić information content (AvgIpc) is 3.43. The van der Waals surface area contributed by atoms with Crippen LogP contribution in [0.25, 0.3) is 22.8 Å². The maximum atomic E-state index is 11.2. The van der Waals surface area contributed by atoms with Gasteiger partial charge in [0.05, 0.1) is 0 Å². The molecule has 0 aliphatic rings. The zero-order valence-corrected chi connectivity index (χ0v) is 23.8. The lowest BCUT2D eigenvalue weighted by Crippen LogP contribution is -2.36. The van der Waals surface area contributed by atoms with Gasteiger partial charge in [0.25, 0.3) is 5.89 Å². The van der Waals surface area contributed by atoms with Gasteiger partial charge < -0.3 is 24.8 Å². The van der Waals surface area contributed by atoms with E-state index in [1.807, 2.05) is 26.0 Å². The van der Waals surface area contributed by atoms with E-state index in [4.69, 9.17) is 19.4 Å². The van der Waals surface area contributed by atoms with Gasteiger partial charge in [0, 0.05) is 24.2 Å². The summed E-state index contributed by atoms with van der Waals surface area (Å²) in [4.78, 5) is 18.4. The maximum Gasteiger partial charge on any atom is 0.258 e. The number of rotatable bonds is 15. The quantitative estimate of drug-likeness (QED) is 0.265. The Balaban J connectivity index is 1.77. The van der Waals surface area contributed by atoms with E-state index < -0.39 is 18.6 Å². The molecule has 0 saturated carbocycles. The van der Waals surface area contributed by atoms with Crippen LogP contribution in [-0.2, 0) is 17.8 Å². The molecule has 0 aliphatic carbocycles. The third kappa shape index (κ3) is 8.61. The van der Waals surface area contributed by atoms with Gasteiger partial charge >= 0.3 is 0 Å². The molecule has 0 radical (unpaired) electrons. The van der Waals surface area contributed by atoms with E-state index in [0.29, 0.717) is 23.9 Å². The number of amides is 1. The van der Waals surface area contributed by atoms with Crippen molar-refractivity contribution in [3.05, 3.63) is 52.6 Å². The van der Waals surface area contributed by atoms with E-state index >= 15 is 0 Å². The summed E-state index contributed by atoms with van der Waals surface area (Å²) in [6.45, 7) is 12.8. The molecule has 0 bridgehead atoms. The van der Waals surface area contributed by atoms with E-state index in [9.17, 15) is 9.90 Å². The molecule has 212 valence electrons. The number of unbranched alkanes of at least 4 members (excludes halogenated alkanes) is 1. The lowest BCUT2D eigenvalue weighted by atomic mass is 10.0. The summed E-state index contributed by atoms with van der Waals surface area (Å²) in [6, 6.07) is 10.3. The van der Waals surface area contributed by atoms with Crippen LogP contribution in [0.3, 0.4) is 0 Å². The van der Waals surface area contributed by atoms with E-state index in [1.54, 1.807) is 0 Å². The predicted octanol–water partition coefficient (Wildman–Crippen LogP) is 4.05. The molecule has 9 nitrogen and oxygen atoms in total. The third-order valence-electron chi connectivity index (χ3n) is 6.58. The number of ether oxygens (including phenoxy) is 1. The van der Waals surface area contributed by atoms with Crippen molar-refractivity contribution in [2.45, 2.75) is 66.5 Å². The molecular formula is C30H42N4O5. The smallest absolute Gasteiger partial charge is 0.258 e. The molecule has 39 heavy (non-hydrogen) atoms. The first kappa shape index (κ1) is 30.3. The van der Waals surface area contributed by atoms with Gasteiger partial charge in [-0.15, -0.1) is 0 Å². The number of nitrogens with one attached hydrogen (secondary N) is 1. The van der Waals surface area contributed by atoms with Gasteiger partial charge in [-0.25, -0.2) is 0 Å². The largest absolute Gasteiger partial charge is 0.490 e. The summed E-state index contributed by atoms with van der Waals surface area (Å²) in [5.74, 6) is 1.13. The molecule has 3 N–H and O–H groups in total.